The molecule has 1 N–H and O–H groups in total. The monoisotopic (exact) mass is 429 g/mol. The van der Waals surface area contributed by atoms with Gasteiger partial charge in [0.15, 0.2) is 0 Å². The number of carbonyl (C=O) groups excluding carboxylic acids is 1. The van der Waals surface area contributed by atoms with Crippen LogP contribution in [0.25, 0.3) is 0 Å². The molecule has 1 aliphatic carbocycles. The van der Waals surface area contributed by atoms with Crippen LogP contribution in [-0.2, 0) is 4.79 Å². The Morgan fingerprint density at radius 3 is 2.06 bits per heavy atom. The fourth-order valence-corrected chi connectivity index (χ4v) is 4.70. The molecule has 0 unspecified atom stereocenters. The second-order valence-corrected chi connectivity index (χ2v) is 8.64. The van der Waals surface area contributed by atoms with Crippen molar-refractivity contribution in [1.29, 1.82) is 0 Å². The molecule has 0 bridgehead atoms. The Morgan fingerprint density at radius 1 is 0.906 bits per heavy atom. The molecule has 0 atom stereocenters. The Kier molecular flexibility index (Phi) is 5.52. The molecule has 1 aliphatic heterocycles. The number of ether oxygens (including phenoxy) is 2. The Hall–Kier alpha value is -3.41. The van der Waals surface area contributed by atoms with E-state index in [0.717, 1.165) is 59.7 Å². The molecule has 3 aromatic rings. The first-order valence-electron chi connectivity index (χ1n) is 11.2. The molecule has 164 valence electrons. The van der Waals surface area contributed by atoms with E-state index in [1.54, 1.807) is 0 Å². The van der Waals surface area contributed by atoms with Gasteiger partial charge in [0.1, 0.15) is 17.6 Å². The summed E-state index contributed by atoms with van der Waals surface area (Å²) in [6.07, 6.45) is 3.54. The Labute approximate surface area is 188 Å². The van der Waals surface area contributed by atoms with E-state index < -0.39 is 0 Å². The number of aryl methyl sites for hydroxylation is 2. The quantitative estimate of drug-likeness (QED) is 0.643. The van der Waals surface area contributed by atoms with Gasteiger partial charge in [0, 0.05) is 28.6 Å². The second-order valence-electron chi connectivity index (χ2n) is 8.64. The molecule has 6 nitrogen and oxygen atoms in total. The highest BCUT2D eigenvalue weighted by molar-refractivity contribution is 5.89. The van der Waals surface area contributed by atoms with Gasteiger partial charge in [-0.15, -0.1) is 0 Å². The van der Waals surface area contributed by atoms with Crippen molar-refractivity contribution in [2.24, 2.45) is 0 Å². The lowest BCUT2D eigenvalue weighted by Crippen LogP contribution is -2.42. The van der Waals surface area contributed by atoms with Crippen LogP contribution in [0.4, 0.5) is 0 Å². The molecule has 1 saturated carbocycles. The van der Waals surface area contributed by atoms with Crippen molar-refractivity contribution in [3.05, 3.63) is 77.1 Å². The van der Waals surface area contributed by atoms with E-state index in [0.29, 0.717) is 6.01 Å². The van der Waals surface area contributed by atoms with Gasteiger partial charge in [-0.3, -0.25) is 4.79 Å². The van der Waals surface area contributed by atoms with Crippen molar-refractivity contribution < 1.29 is 14.3 Å². The van der Waals surface area contributed by atoms with Crippen LogP contribution in [0, 0.1) is 13.8 Å². The molecule has 6 heteroatoms. The van der Waals surface area contributed by atoms with E-state index in [-0.39, 0.29) is 24.0 Å². The first-order valence-corrected chi connectivity index (χ1v) is 11.2. The number of aromatic nitrogens is 2. The minimum atomic E-state index is -0.367. The summed E-state index contributed by atoms with van der Waals surface area (Å²) in [5, 5.41) is 3.29. The maximum atomic E-state index is 13.4. The number of nitrogens with zero attached hydrogens (tertiary/aromatic N) is 2. The minimum Gasteiger partial charge on any atom is -0.460 e. The van der Waals surface area contributed by atoms with Gasteiger partial charge >= 0.3 is 6.01 Å². The number of carbonyl (C=O) groups is 1. The lowest BCUT2D eigenvalue weighted by atomic mass is 9.86. The van der Waals surface area contributed by atoms with Crippen LogP contribution in [0.5, 0.6) is 17.5 Å². The van der Waals surface area contributed by atoms with Gasteiger partial charge in [-0.2, -0.15) is 0 Å². The molecule has 2 aliphatic rings. The fourth-order valence-electron chi connectivity index (χ4n) is 4.70. The fraction of sp³-hybridized carbons (Fsp3) is 0.346. The molecule has 1 fully saturated rings. The minimum absolute atomic E-state index is 0.0233. The average molecular weight is 430 g/mol. The summed E-state index contributed by atoms with van der Waals surface area (Å²) < 4.78 is 12.1. The summed E-state index contributed by atoms with van der Waals surface area (Å²) in [5.41, 5.74) is 3.64. The van der Waals surface area contributed by atoms with Gasteiger partial charge in [-0.1, -0.05) is 36.4 Å². The first kappa shape index (κ1) is 20.5. The lowest BCUT2D eigenvalue weighted by molar-refractivity contribution is -0.122. The predicted molar refractivity (Wildman–Crippen MR) is 121 cm³/mol. The summed E-state index contributed by atoms with van der Waals surface area (Å²) in [5.74, 6) is 1.15. The molecule has 1 amide bonds. The summed E-state index contributed by atoms with van der Waals surface area (Å²) in [6.45, 7) is 3.89. The number of rotatable bonds is 4. The third-order valence-corrected chi connectivity index (χ3v) is 6.20. The Morgan fingerprint density at radius 2 is 1.47 bits per heavy atom. The van der Waals surface area contributed by atoms with Crippen LogP contribution in [0.3, 0.4) is 0 Å². The first-order chi connectivity index (χ1) is 15.6. The predicted octanol–water partition coefficient (Wildman–Crippen LogP) is 4.84. The molecule has 1 aromatic heterocycles. The molecule has 0 radical (unpaired) electrons. The standard InChI is InChI=1S/C26H27N3O3/c1-16-15-17(2)28-26(27-16)31-19-13-11-18(12-14-19)29-25(30)24-20-7-3-5-9-22(20)32-23-10-6-4-8-21(23)24/h3-10,15,18-19,24H,11-14H2,1-2H3,(H,29,30). The van der Waals surface area contributed by atoms with Crippen molar-refractivity contribution in [2.75, 3.05) is 0 Å². The van der Waals surface area contributed by atoms with Crippen LogP contribution in [0.2, 0.25) is 0 Å². The number of hydrogen-bond acceptors (Lipinski definition) is 5. The zero-order valence-corrected chi connectivity index (χ0v) is 18.4. The molecule has 2 aromatic carbocycles. The van der Waals surface area contributed by atoms with Crippen LogP contribution in [-0.4, -0.2) is 28.0 Å². The van der Waals surface area contributed by atoms with Gasteiger partial charge < -0.3 is 14.8 Å². The van der Waals surface area contributed by atoms with Gasteiger partial charge in [0.05, 0.1) is 5.92 Å². The summed E-state index contributed by atoms with van der Waals surface area (Å²) in [7, 11) is 0. The largest absolute Gasteiger partial charge is 0.460 e. The number of hydrogen-bond donors (Lipinski definition) is 1. The third kappa shape index (κ3) is 4.17. The van der Waals surface area contributed by atoms with Gasteiger partial charge in [-0.25, -0.2) is 9.97 Å². The van der Waals surface area contributed by atoms with Crippen molar-refractivity contribution in [2.45, 2.75) is 57.6 Å². The van der Waals surface area contributed by atoms with Gasteiger partial charge in [0.25, 0.3) is 0 Å². The molecular formula is C26H27N3O3. The highest BCUT2D eigenvalue weighted by Gasteiger charge is 2.34. The smallest absolute Gasteiger partial charge is 0.317 e. The number of nitrogens with one attached hydrogen (secondary N) is 1. The molecule has 0 saturated heterocycles. The number of para-hydroxylation sites is 2. The molecule has 2 heterocycles. The molecular weight excluding hydrogens is 402 g/mol. The normalized spacial score (nSPS) is 19.9. The maximum Gasteiger partial charge on any atom is 0.317 e. The summed E-state index contributed by atoms with van der Waals surface area (Å²) in [6, 6.07) is 18.1. The van der Waals surface area contributed by atoms with Crippen molar-refractivity contribution in [3.63, 3.8) is 0 Å². The number of amides is 1. The van der Waals surface area contributed by atoms with Gasteiger partial charge in [0.2, 0.25) is 5.91 Å². The van der Waals surface area contributed by atoms with Crippen LogP contribution >= 0.6 is 0 Å². The van der Waals surface area contributed by atoms with Crippen molar-refractivity contribution in [1.82, 2.24) is 15.3 Å². The zero-order valence-electron chi connectivity index (χ0n) is 18.4. The lowest BCUT2D eigenvalue weighted by Gasteiger charge is -2.32. The van der Waals surface area contributed by atoms with E-state index in [9.17, 15) is 4.79 Å². The molecule has 32 heavy (non-hydrogen) atoms. The van der Waals surface area contributed by atoms with Crippen LogP contribution in [0.1, 0.15) is 54.1 Å². The topological polar surface area (TPSA) is 73.3 Å². The Bertz CT molecular complexity index is 1070. The summed E-state index contributed by atoms with van der Waals surface area (Å²) in [4.78, 5) is 22.2. The molecule has 5 rings (SSSR count). The van der Waals surface area contributed by atoms with Crippen molar-refractivity contribution in [3.8, 4) is 17.5 Å². The van der Waals surface area contributed by atoms with E-state index in [2.05, 4.69) is 15.3 Å². The zero-order chi connectivity index (χ0) is 22.1. The average Bonchev–Trinajstić information content (AvgIpc) is 2.78. The van der Waals surface area contributed by atoms with E-state index in [1.165, 1.54) is 0 Å². The number of benzene rings is 2. The van der Waals surface area contributed by atoms with Gasteiger partial charge in [-0.05, 0) is 57.7 Å². The van der Waals surface area contributed by atoms with Crippen molar-refractivity contribution >= 4 is 5.91 Å². The molecule has 0 spiro atoms. The Balaban J connectivity index is 1.25. The third-order valence-electron chi connectivity index (χ3n) is 6.20. The van der Waals surface area contributed by atoms with E-state index in [4.69, 9.17) is 9.47 Å². The van der Waals surface area contributed by atoms with E-state index in [1.807, 2.05) is 68.4 Å². The number of fused-ring (bicyclic) bond motifs is 2. The van der Waals surface area contributed by atoms with Crippen LogP contribution in [0.15, 0.2) is 54.6 Å². The highest BCUT2D eigenvalue weighted by atomic mass is 16.5. The second kappa shape index (κ2) is 8.61. The van der Waals surface area contributed by atoms with Crippen LogP contribution < -0.4 is 14.8 Å². The highest BCUT2D eigenvalue weighted by Crippen LogP contribution is 2.44. The maximum absolute atomic E-state index is 13.4. The van der Waals surface area contributed by atoms with E-state index >= 15 is 0 Å². The SMILES string of the molecule is Cc1cc(C)nc(OC2CCC(NC(=O)C3c4ccccc4Oc4ccccc43)CC2)n1. The summed E-state index contributed by atoms with van der Waals surface area (Å²) >= 11 is 0.